The summed E-state index contributed by atoms with van der Waals surface area (Å²) < 4.78 is 1.57. The lowest BCUT2D eigenvalue weighted by Crippen LogP contribution is -2.29. The van der Waals surface area contributed by atoms with Gasteiger partial charge in [0.05, 0.1) is 11.8 Å². The lowest BCUT2D eigenvalue weighted by atomic mass is 9.97. The Kier molecular flexibility index (Phi) is 4.08. The summed E-state index contributed by atoms with van der Waals surface area (Å²) in [4.78, 5) is 26.8. The third-order valence-corrected chi connectivity index (χ3v) is 5.05. The Morgan fingerprint density at radius 2 is 1.96 bits per heavy atom. The molecule has 0 bridgehead atoms. The minimum Gasteiger partial charge on any atom is -0.507 e. The maximum Gasteiger partial charge on any atom is 0.301 e. The second-order valence-corrected chi connectivity index (χ2v) is 7.02. The summed E-state index contributed by atoms with van der Waals surface area (Å²) in [6, 6.07) is 6.25. The lowest BCUT2D eigenvalue weighted by Gasteiger charge is -2.20. The molecule has 1 aliphatic heterocycles. The first-order chi connectivity index (χ1) is 13.0. The fraction of sp³-hybridized carbons (Fsp3) is 0.167. The van der Waals surface area contributed by atoms with E-state index in [9.17, 15) is 14.7 Å². The Labute approximate surface area is 158 Å². The van der Waals surface area contributed by atoms with Gasteiger partial charge in [0, 0.05) is 24.4 Å². The number of rotatable bonds is 3. The van der Waals surface area contributed by atoms with Crippen molar-refractivity contribution in [3.63, 3.8) is 0 Å². The minimum atomic E-state index is -0.826. The van der Waals surface area contributed by atoms with Gasteiger partial charge in [-0.05, 0) is 6.92 Å². The SMILES string of the molecule is Cc1ccc(/C(O)=C2\C(=O)C(=O)N(c3nncs3)C2c2cnn(C)c2)cc1. The van der Waals surface area contributed by atoms with Crippen molar-refractivity contribution < 1.29 is 14.7 Å². The topological polar surface area (TPSA) is 101 Å². The summed E-state index contributed by atoms with van der Waals surface area (Å²) in [6.45, 7) is 1.92. The van der Waals surface area contributed by atoms with Crippen molar-refractivity contribution in [2.45, 2.75) is 13.0 Å². The fourth-order valence-corrected chi connectivity index (χ4v) is 3.65. The van der Waals surface area contributed by atoms with E-state index in [0.29, 0.717) is 11.1 Å². The number of aryl methyl sites for hydroxylation is 2. The highest BCUT2D eigenvalue weighted by atomic mass is 32.1. The van der Waals surface area contributed by atoms with Gasteiger partial charge >= 0.3 is 5.91 Å². The predicted molar refractivity (Wildman–Crippen MR) is 99.1 cm³/mol. The smallest absolute Gasteiger partial charge is 0.301 e. The molecule has 1 unspecified atom stereocenters. The number of aliphatic hydroxyl groups is 1. The van der Waals surface area contributed by atoms with Crippen LogP contribution in [0.25, 0.3) is 5.76 Å². The van der Waals surface area contributed by atoms with E-state index in [1.807, 2.05) is 19.1 Å². The second kappa shape index (κ2) is 6.44. The van der Waals surface area contributed by atoms with Gasteiger partial charge in [0.1, 0.15) is 17.3 Å². The standard InChI is InChI=1S/C18H15N5O3S/c1-10-3-5-11(6-4-10)15(24)13-14(12-7-20-22(2)8-12)23(17(26)16(13)25)18-21-19-9-27-18/h3-9,14,24H,1-2H3/b15-13+. The van der Waals surface area contributed by atoms with Gasteiger partial charge in [0.2, 0.25) is 5.13 Å². The van der Waals surface area contributed by atoms with Crippen LogP contribution >= 0.6 is 11.3 Å². The molecule has 0 radical (unpaired) electrons. The van der Waals surface area contributed by atoms with Crippen LogP contribution in [0, 0.1) is 6.92 Å². The number of carbonyl (C=O) groups is 2. The van der Waals surface area contributed by atoms with Gasteiger partial charge in [-0.2, -0.15) is 5.10 Å². The Bertz CT molecular complexity index is 1050. The van der Waals surface area contributed by atoms with Crippen LogP contribution in [0.15, 0.2) is 47.7 Å². The monoisotopic (exact) mass is 381 g/mol. The molecule has 0 aliphatic carbocycles. The average molecular weight is 381 g/mol. The molecule has 2 aromatic heterocycles. The molecule has 1 atom stereocenters. The van der Waals surface area contributed by atoms with Gasteiger partial charge in [-0.3, -0.25) is 19.2 Å². The first-order valence-corrected chi connectivity index (χ1v) is 8.98. The molecule has 3 heterocycles. The average Bonchev–Trinajstić information content (AvgIpc) is 3.37. The first-order valence-electron chi connectivity index (χ1n) is 8.10. The number of carbonyl (C=O) groups excluding carboxylic acids is 2. The maximum absolute atomic E-state index is 12.8. The highest BCUT2D eigenvalue weighted by Crippen LogP contribution is 2.42. The molecule has 3 aromatic rings. The molecule has 136 valence electrons. The number of hydrogen-bond donors (Lipinski definition) is 1. The van der Waals surface area contributed by atoms with Crippen molar-refractivity contribution in [2.75, 3.05) is 4.90 Å². The summed E-state index contributed by atoms with van der Waals surface area (Å²) in [5.74, 6) is -1.75. The summed E-state index contributed by atoms with van der Waals surface area (Å²) in [5.41, 5.74) is 3.57. The summed E-state index contributed by atoms with van der Waals surface area (Å²) in [7, 11) is 1.74. The number of aliphatic hydroxyl groups excluding tert-OH is 1. The number of Topliss-reactive ketones (excluding diaryl/α,β-unsaturated/α-hetero) is 1. The molecule has 9 heteroatoms. The number of aromatic nitrogens is 4. The third-order valence-electron chi connectivity index (χ3n) is 4.36. The van der Waals surface area contributed by atoms with E-state index in [2.05, 4.69) is 15.3 Å². The van der Waals surface area contributed by atoms with E-state index in [0.717, 1.165) is 16.9 Å². The van der Waals surface area contributed by atoms with Crippen molar-refractivity contribution in [3.8, 4) is 0 Å². The van der Waals surface area contributed by atoms with Gasteiger partial charge in [0.25, 0.3) is 5.78 Å². The van der Waals surface area contributed by atoms with Crippen molar-refractivity contribution in [1.82, 2.24) is 20.0 Å². The Morgan fingerprint density at radius 1 is 1.22 bits per heavy atom. The van der Waals surface area contributed by atoms with E-state index >= 15 is 0 Å². The van der Waals surface area contributed by atoms with Crippen LogP contribution in [0.3, 0.4) is 0 Å². The number of nitrogens with zero attached hydrogens (tertiary/aromatic N) is 5. The van der Waals surface area contributed by atoms with Gasteiger partial charge < -0.3 is 5.11 Å². The van der Waals surface area contributed by atoms with Crippen molar-refractivity contribution in [1.29, 1.82) is 0 Å². The van der Waals surface area contributed by atoms with Gasteiger partial charge in [-0.25, -0.2) is 0 Å². The molecule has 1 fully saturated rings. The largest absolute Gasteiger partial charge is 0.507 e. The van der Waals surface area contributed by atoms with E-state index in [1.54, 1.807) is 36.3 Å². The lowest BCUT2D eigenvalue weighted by molar-refractivity contribution is -0.132. The molecule has 4 rings (SSSR count). The van der Waals surface area contributed by atoms with E-state index in [4.69, 9.17) is 0 Å². The molecule has 1 saturated heterocycles. The number of hydrogen-bond acceptors (Lipinski definition) is 7. The van der Waals surface area contributed by atoms with Gasteiger partial charge in [-0.15, -0.1) is 10.2 Å². The van der Waals surface area contributed by atoms with E-state index in [1.165, 1.54) is 10.4 Å². The Morgan fingerprint density at radius 3 is 2.56 bits per heavy atom. The number of anilines is 1. The fourth-order valence-electron chi connectivity index (χ4n) is 3.07. The predicted octanol–water partition coefficient (Wildman–Crippen LogP) is 2.21. The van der Waals surface area contributed by atoms with Crippen LogP contribution in [-0.2, 0) is 16.6 Å². The quantitative estimate of drug-likeness (QED) is 0.424. The van der Waals surface area contributed by atoms with Gasteiger partial charge in [0.15, 0.2) is 0 Å². The third kappa shape index (κ3) is 2.81. The number of ketones is 1. The van der Waals surface area contributed by atoms with Crippen LogP contribution in [0.2, 0.25) is 0 Å². The Balaban J connectivity index is 1.93. The van der Waals surface area contributed by atoms with Crippen LogP contribution in [0.4, 0.5) is 5.13 Å². The molecule has 1 amide bonds. The minimum absolute atomic E-state index is 0.00653. The molecule has 8 nitrogen and oxygen atoms in total. The summed E-state index contributed by atoms with van der Waals surface area (Å²) in [6.07, 6.45) is 3.26. The van der Waals surface area contributed by atoms with Crippen LogP contribution < -0.4 is 4.90 Å². The molecule has 1 aromatic carbocycles. The van der Waals surface area contributed by atoms with Gasteiger partial charge in [-0.1, -0.05) is 41.2 Å². The number of benzene rings is 1. The van der Waals surface area contributed by atoms with Crippen molar-refractivity contribution in [2.24, 2.45) is 7.05 Å². The molecule has 0 saturated carbocycles. The molecule has 1 aliphatic rings. The Hall–Kier alpha value is -3.33. The summed E-state index contributed by atoms with van der Waals surface area (Å²) in [5, 5.41) is 23.0. The normalized spacial score (nSPS) is 19.0. The highest BCUT2D eigenvalue weighted by molar-refractivity contribution is 7.13. The van der Waals surface area contributed by atoms with E-state index < -0.39 is 17.7 Å². The molecule has 0 spiro atoms. The molecule has 1 N–H and O–H groups in total. The molecule has 27 heavy (non-hydrogen) atoms. The molecular formula is C18H15N5O3S. The molecular weight excluding hydrogens is 366 g/mol. The van der Waals surface area contributed by atoms with Crippen LogP contribution in [0.5, 0.6) is 0 Å². The zero-order valence-electron chi connectivity index (χ0n) is 14.5. The second-order valence-electron chi connectivity index (χ2n) is 6.20. The first kappa shape index (κ1) is 17.1. The summed E-state index contributed by atoms with van der Waals surface area (Å²) >= 11 is 1.14. The number of amides is 1. The highest BCUT2D eigenvalue weighted by Gasteiger charge is 2.48. The maximum atomic E-state index is 12.8. The zero-order valence-corrected chi connectivity index (χ0v) is 15.3. The van der Waals surface area contributed by atoms with Crippen LogP contribution in [0.1, 0.15) is 22.7 Å². The van der Waals surface area contributed by atoms with Crippen LogP contribution in [-0.4, -0.2) is 36.8 Å². The van der Waals surface area contributed by atoms with Crippen molar-refractivity contribution >= 4 is 33.9 Å². The zero-order chi connectivity index (χ0) is 19.1. The van der Waals surface area contributed by atoms with Crippen molar-refractivity contribution in [3.05, 3.63) is 64.4 Å². The van der Waals surface area contributed by atoms with E-state index in [-0.39, 0.29) is 16.5 Å².